The highest BCUT2D eigenvalue weighted by atomic mass is 79.9. The van der Waals surface area contributed by atoms with Crippen molar-refractivity contribution < 1.29 is 16.8 Å². The minimum absolute atomic E-state index is 0.0674. The number of sulfone groups is 2. The van der Waals surface area contributed by atoms with Gasteiger partial charge in [0.1, 0.15) is 0 Å². The summed E-state index contributed by atoms with van der Waals surface area (Å²) in [6.07, 6.45) is 2.42. The highest BCUT2D eigenvalue weighted by molar-refractivity contribution is 9.10. The minimum Gasteiger partial charge on any atom is -0.239 e. The molecule has 0 bridgehead atoms. The quantitative estimate of drug-likeness (QED) is 0.656. The fourth-order valence-electron chi connectivity index (χ4n) is 1.86. The molecule has 0 fully saturated rings. The van der Waals surface area contributed by atoms with Crippen LogP contribution in [0, 0.1) is 0 Å². The lowest BCUT2D eigenvalue weighted by atomic mass is 10.4. The molecule has 6 nitrogen and oxygen atoms in total. The molecule has 0 aliphatic carbocycles. The van der Waals surface area contributed by atoms with E-state index >= 15 is 0 Å². The van der Waals surface area contributed by atoms with E-state index in [0.29, 0.717) is 0 Å². The van der Waals surface area contributed by atoms with Crippen LogP contribution in [0.2, 0.25) is 0 Å². The van der Waals surface area contributed by atoms with Crippen molar-refractivity contribution in [2.75, 3.05) is 5.75 Å². The Bertz CT molecular complexity index is 925. The van der Waals surface area contributed by atoms with Crippen molar-refractivity contribution in [2.24, 2.45) is 4.99 Å². The smallest absolute Gasteiger partial charge is 0.202 e. The summed E-state index contributed by atoms with van der Waals surface area (Å²) in [5.74, 6) is -0.0958. The molecule has 0 N–H and O–H groups in total. The van der Waals surface area contributed by atoms with Crippen LogP contribution in [0.5, 0.6) is 0 Å². The molecule has 0 aliphatic rings. The second kappa shape index (κ2) is 7.54. The lowest BCUT2D eigenvalue weighted by Gasteiger charge is -2.13. The third-order valence-corrected chi connectivity index (χ3v) is 8.58. The summed E-state index contributed by atoms with van der Waals surface area (Å²) in [6, 6.07) is 10.7. The van der Waals surface area contributed by atoms with E-state index in [-0.39, 0.29) is 16.5 Å². The minimum atomic E-state index is -4.12. The molecule has 0 amide bonds. The van der Waals surface area contributed by atoms with Crippen molar-refractivity contribution in [2.45, 2.75) is 16.4 Å². The van der Waals surface area contributed by atoms with Gasteiger partial charge in [-0.1, -0.05) is 25.1 Å². The predicted molar refractivity (Wildman–Crippen MR) is 97.0 cm³/mol. The van der Waals surface area contributed by atoms with Gasteiger partial charge in [0.25, 0.3) is 0 Å². The maximum absolute atomic E-state index is 12.7. The van der Waals surface area contributed by atoms with Crippen LogP contribution in [-0.4, -0.2) is 38.4 Å². The van der Waals surface area contributed by atoms with Crippen LogP contribution < -0.4 is 0 Å². The molecule has 2 rings (SSSR count). The Labute approximate surface area is 149 Å². The topological polar surface area (TPSA) is 93.5 Å². The Morgan fingerprint density at radius 1 is 1.12 bits per heavy atom. The van der Waals surface area contributed by atoms with E-state index in [2.05, 4.69) is 25.9 Å². The van der Waals surface area contributed by atoms with Crippen molar-refractivity contribution in [3.05, 3.63) is 53.1 Å². The monoisotopic (exact) mass is 430 g/mol. The summed E-state index contributed by atoms with van der Waals surface area (Å²) in [6.45, 7) is 1.40. The number of benzene rings is 1. The zero-order valence-electron chi connectivity index (χ0n) is 12.7. The van der Waals surface area contributed by atoms with Gasteiger partial charge < -0.3 is 0 Å². The first-order chi connectivity index (χ1) is 11.3. The fourth-order valence-corrected chi connectivity index (χ4v) is 5.98. The summed E-state index contributed by atoms with van der Waals surface area (Å²) >= 11 is 3.22. The van der Waals surface area contributed by atoms with E-state index in [9.17, 15) is 16.8 Å². The van der Waals surface area contributed by atoms with Crippen LogP contribution in [0.25, 0.3) is 0 Å². The van der Waals surface area contributed by atoms with Gasteiger partial charge in [0.15, 0.2) is 15.7 Å². The molecule has 1 heterocycles. The summed E-state index contributed by atoms with van der Waals surface area (Å²) in [7, 11) is -8.04. The highest BCUT2D eigenvalue weighted by Crippen LogP contribution is 2.21. The van der Waals surface area contributed by atoms with E-state index in [0.717, 1.165) is 10.7 Å². The predicted octanol–water partition coefficient (Wildman–Crippen LogP) is 2.78. The number of aliphatic imine (C=N–C) groups is 1. The lowest BCUT2D eigenvalue weighted by Crippen LogP contribution is -2.33. The van der Waals surface area contributed by atoms with Crippen molar-refractivity contribution in [3.63, 3.8) is 0 Å². The van der Waals surface area contributed by atoms with Crippen LogP contribution in [0.15, 0.2) is 63.0 Å². The number of aromatic nitrogens is 1. The van der Waals surface area contributed by atoms with Gasteiger partial charge in [0, 0.05) is 22.6 Å². The van der Waals surface area contributed by atoms with E-state index in [1.807, 2.05) is 0 Å². The van der Waals surface area contributed by atoms with Crippen molar-refractivity contribution >= 4 is 47.6 Å². The third-order valence-electron chi connectivity index (χ3n) is 3.17. The second-order valence-corrected chi connectivity index (χ2v) is 10.5. The van der Waals surface area contributed by atoms with Gasteiger partial charge in [-0.15, -0.1) is 0 Å². The van der Waals surface area contributed by atoms with Crippen LogP contribution in [0.3, 0.4) is 0 Å². The van der Waals surface area contributed by atoms with E-state index in [1.165, 1.54) is 37.4 Å². The summed E-state index contributed by atoms with van der Waals surface area (Å²) in [4.78, 5) is 7.85. The van der Waals surface area contributed by atoms with Gasteiger partial charge in [0.05, 0.1) is 4.90 Å². The number of pyridine rings is 1. The highest BCUT2D eigenvalue weighted by Gasteiger charge is 2.36. The lowest BCUT2D eigenvalue weighted by molar-refractivity contribution is 0.585. The molecule has 128 valence electrons. The molecule has 1 aromatic carbocycles. The van der Waals surface area contributed by atoms with Gasteiger partial charge in [0.2, 0.25) is 14.4 Å². The second-order valence-electron chi connectivity index (χ2n) is 4.79. The first-order valence-corrected chi connectivity index (χ1v) is 11.0. The summed E-state index contributed by atoms with van der Waals surface area (Å²) in [5, 5.41) is 0. The van der Waals surface area contributed by atoms with Gasteiger partial charge >= 0.3 is 0 Å². The first-order valence-electron chi connectivity index (χ1n) is 6.93. The standard InChI is InChI=1S/C15H15BrN2O4S2/c1-2-23(19,20)15(11-18-14-9-8-12(16)10-17-14)24(21,22)13-6-4-3-5-7-13/h3-11,15H,2H2,1H3. The summed E-state index contributed by atoms with van der Waals surface area (Å²) < 4.78 is 49.0. The molecule has 1 aromatic heterocycles. The number of hydrogen-bond acceptors (Lipinski definition) is 6. The molecule has 0 spiro atoms. The number of rotatable bonds is 6. The molecule has 0 aliphatic heterocycles. The molecule has 2 aromatic rings. The number of nitrogens with zero attached hydrogens (tertiary/aromatic N) is 2. The molecule has 24 heavy (non-hydrogen) atoms. The molecule has 0 saturated heterocycles. The molecule has 9 heteroatoms. The first kappa shape index (κ1) is 18.8. The van der Waals surface area contributed by atoms with Crippen molar-refractivity contribution in [3.8, 4) is 0 Å². The van der Waals surface area contributed by atoms with Gasteiger partial charge in [-0.2, -0.15) is 0 Å². The average Bonchev–Trinajstić information content (AvgIpc) is 2.57. The summed E-state index contributed by atoms with van der Waals surface area (Å²) in [5.41, 5.74) is 0. The normalized spacial score (nSPS) is 13.9. The Morgan fingerprint density at radius 2 is 1.79 bits per heavy atom. The maximum Gasteiger partial charge on any atom is 0.202 e. The Morgan fingerprint density at radius 3 is 2.33 bits per heavy atom. The van der Waals surface area contributed by atoms with Crippen LogP contribution in [0.1, 0.15) is 6.92 Å². The maximum atomic E-state index is 12.7. The van der Waals surface area contributed by atoms with E-state index in [4.69, 9.17) is 0 Å². The molecular weight excluding hydrogens is 416 g/mol. The van der Waals surface area contributed by atoms with Crippen molar-refractivity contribution in [1.82, 2.24) is 4.98 Å². The van der Waals surface area contributed by atoms with E-state index in [1.54, 1.807) is 18.2 Å². The Kier molecular flexibility index (Phi) is 5.89. The number of hydrogen-bond donors (Lipinski definition) is 0. The third kappa shape index (κ3) is 4.28. The van der Waals surface area contributed by atoms with Crippen molar-refractivity contribution in [1.29, 1.82) is 0 Å². The SMILES string of the molecule is CCS(=O)(=O)C(C=Nc1ccc(Br)cn1)S(=O)(=O)c1ccccc1. The van der Waals surface area contributed by atoms with Crippen LogP contribution in [0.4, 0.5) is 5.82 Å². The molecule has 0 saturated carbocycles. The molecule has 1 atom stereocenters. The van der Waals surface area contributed by atoms with E-state index < -0.39 is 24.3 Å². The zero-order valence-corrected chi connectivity index (χ0v) is 15.9. The molecule has 1 unspecified atom stereocenters. The van der Waals surface area contributed by atoms with Gasteiger partial charge in [-0.05, 0) is 40.2 Å². The number of halogens is 1. The van der Waals surface area contributed by atoms with Crippen LogP contribution in [-0.2, 0) is 19.7 Å². The zero-order chi connectivity index (χ0) is 17.8. The molecular formula is C15H15BrN2O4S2. The average molecular weight is 431 g/mol. The Hall–Kier alpha value is -1.58. The van der Waals surface area contributed by atoms with Gasteiger partial charge in [-0.3, -0.25) is 0 Å². The Balaban J connectivity index is 2.49. The van der Waals surface area contributed by atoms with Crippen LogP contribution >= 0.6 is 15.9 Å². The fraction of sp³-hybridized carbons (Fsp3) is 0.200. The largest absolute Gasteiger partial charge is 0.239 e. The molecule has 0 radical (unpaired) electrons. The van der Waals surface area contributed by atoms with Gasteiger partial charge in [-0.25, -0.2) is 26.8 Å².